The molecule has 2 rings (SSSR count). The van der Waals surface area contributed by atoms with E-state index in [-0.39, 0.29) is 5.75 Å². The normalized spacial score (nSPS) is 20.5. The topological polar surface area (TPSA) is 79.7 Å². The second-order valence-electron chi connectivity index (χ2n) is 5.05. The van der Waals surface area contributed by atoms with Gasteiger partial charge in [0.05, 0.1) is 5.75 Å². The van der Waals surface area contributed by atoms with E-state index in [0.29, 0.717) is 19.4 Å². The number of isocyanates is 1. The summed E-state index contributed by atoms with van der Waals surface area (Å²) in [5.41, 5.74) is 0.742. The minimum absolute atomic E-state index is 0.0190. The summed E-state index contributed by atoms with van der Waals surface area (Å²) in [6, 6.07) is 5.43. The highest BCUT2D eigenvalue weighted by Gasteiger charge is 2.30. The third-order valence-corrected chi connectivity index (χ3v) is 5.44. The second-order valence-corrected chi connectivity index (χ2v) is 7.09. The summed E-state index contributed by atoms with van der Waals surface area (Å²) < 4.78 is 26.4. The first-order chi connectivity index (χ1) is 10.1. The first-order valence-corrected chi connectivity index (χ1v) is 8.71. The van der Waals surface area contributed by atoms with Crippen LogP contribution in [0.5, 0.6) is 0 Å². The summed E-state index contributed by atoms with van der Waals surface area (Å²) >= 11 is 0. The van der Waals surface area contributed by atoms with Crippen molar-refractivity contribution in [1.82, 2.24) is 9.29 Å². The Morgan fingerprint density at radius 1 is 1.33 bits per heavy atom. The van der Waals surface area contributed by atoms with E-state index in [4.69, 9.17) is 0 Å². The number of pyridine rings is 1. The van der Waals surface area contributed by atoms with Gasteiger partial charge in [-0.05, 0) is 31.4 Å². The summed E-state index contributed by atoms with van der Waals surface area (Å²) in [5.74, 6) is -0.0190. The van der Waals surface area contributed by atoms with Crippen LogP contribution in [0.25, 0.3) is 0 Å². The van der Waals surface area contributed by atoms with Gasteiger partial charge in [0, 0.05) is 24.9 Å². The molecule has 1 unspecified atom stereocenters. The highest BCUT2D eigenvalue weighted by molar-refractivity contribution is 7.89. The van der Waals surface area contributed by atoms with E-state index < -0.39 is 16.2 Å². The third-order valence-electron chi connectivity index (χ3n) is 3.57. The second kappa shape index (κ2) is 7.45. The van der Waals surface area contributed by atoms with Crippen molar-refractivity contribution < 1.29 is 13.2 Å². The van der Waals surface area contributed by atoms with Gasteiger partial charge in [-0.3, -0.25) is 4.98 Å². The number of hydrogen-bond acceptors (Lipinski definition) is 5. The van der Waals surface area contributed by atoms with Crippen LogP contribution in [-0.2, 0) is 21.2 Å². The molecule has 7 heteroatoms. The molecule has 0 aromatic carbocycles. The predicted octanol–water partition coefficient (Wildman–Crippen LogP) is 1.49. The van der Waals surface area contributed by atoms with Gasteiger partial charge in [0.25, 0.3) is 0 Å². The van der Waals surface area contributed by atoms with E-state index in [1.807, 2.05) is 6.07 Å². The van der Waals surface area contributed by atoms with Crippen molar-refractivity contribution in [3.63, 3.8) is 0 Å². The van der Waals surface area contributed by atoms with Crippen molar-refractivity contribution in [2.45, 2.75) is 38.3 Å². The van der Waals surface area contributed by atoms with Crippen LogP contribution in [0.3, 0.4) is 0 Å². The van der Waals surface area contributed by atoms with Gasteiger partial charge in [0.2, 0.25) is 16.1 Å². The van der Waals surface area contributed by atoms with Crippen LogP contribution in [0.2, 0.25) is 0 Å². The van der Waals surface area contributed by atoms with E-state index in [9.17, 15) is 13.2 Å². The molecule has 1 aromatic heterocycles. The zero-order valence-corrected chi connectivity index (χ0v) is 12.6. The molecule has 1 aliphatic heterocycles. The Balaban J connectivity index is 2.10. The number of hydrogen-bond donors (Lipinski definition) is 0. The van der Waals surface area contributed by atoms with Crippen LogP contribution in [0.4, 0.5) is 0 Å². The van der Waals surface area contributed by atoms with Crippen molar-refractivity contribution in [2.24, 2.45) is 4.99 Å². The molecule has 0 bridgehead atoms. The molecule has 114 valence electrons. The van der Waals surface area contributed by atoms with Gasteiger partial charge in [-0.2, -0.15) is 9.30 Å². The quantitative estimate of drug-likeness (QED) is 0.610. The molecule has 0 radical (unpaired) electrons. The van der Waals surface area contributed by atoms with Gasteiger partial charge >= 0.3 is 0 Å². The zero-order valence-electron chi connectivity index (χ0n) is 11.8. The average Bonchev–Trinajstić information content (AvgIpc) is 2.73. The summed E-state index contributed by atoms with van der Waals surface area (Å²) in [6.45, 7) is 0.417. The van der Waals surface area contributed by atoms with E-state index in [0.717, 1.165) is 25.0 Å². The fourth-order valence-corrected chi connectivity index (χ4v) is 4.11. The Labute approximate surface area is 125 Å². The minimum atomic E-state index is -3.46. The van der Waals surface area contributed by atoms with E-state index in [2.05, 4.69) is 9.98 Å². The van der Waals surface area contributed by atoms with Crippen LogP contribution in [-0.4, -0.2) is 42.3 Å². The molecule has 6 nitrogen and oxygen atoms in total. The molecule has 1 aliphatic rings. The largest absolute Gasteiger partial charge is 0.261 e. The van der Waals surface area contributed by atoms with Crippen molar-refractivity contribution in [2.75, 3.05) is 12.3 Å². The molecule has 1 aromatic rings. The highest BCUT2D eigenvalue weighted by Crippen LogP contribution is 2.21. The molecule has 0 saturated carbocycles. The number of rotatable bonds is 5. The SMILES string of the molecule is O=C=NC1CCCCCN1S(=O)(=O)CCc1ccccn1. The number of aromatic nitrogens is 1. The minimum Gasteiger partial charge on any atom is -0.261 e. The van der Waals surface area contributed by atoms with Crippen molar-refractivity contribution in [3.05, 3.63) is 30.1 Å². The van der Waals surface area contributed by atoms with Crippen LogP contribution in [0, 0.1) is 0 Å². The molecule has 0 spiro atoms. The Morgan fingerprint density at radius 3 is 2.90 bits per heavy atom. The number of carbonyl (C=O) groups excluding carboxylic acids is 1. The maximum absolute atomic E-state index is 12.5. The standard InChI is InChI=1S/C14H19N3O3S/c18-12-16-14-7-2-1-5-10-17(14)21(19,20)11-8-13-6-3-4-9-15-13/h3-4,6,9,14H,1-2,5,7-8,10-11H2. The maximum Gasteiger partial charge on any atom is 0.236 e. The molecule has 0 N–H and O–H groups in total. The lowest BCUT2D eigenvalue weighted by Gasteiger charge is -2.25. The van der Waals surface area contributed by atoms with Crippen molar-refractivity contribution in [1.29, 1.82) is 0 Å². The number of nitrogens with zero attached hydrogens (tertiary/aromatic N) is 3. The van der Waals surface area contributed by atoms with E-state index in [1.165, 1.54) is 10.4 Å². The van der Waals surface area contributed by atoms with E-state index in [1.54, 1.807) is 18.3 Å². The van der Waals surface area contributed by atoms with Gasteiger partial charge in [0.1, 0.15) is 6.17 Å². The Kier molecular flexibility index (Phi) is 5.61. The number of aryl methyl sites for hydroxylation is 1. The monoisotopic (exact) mass is 309 g/mol. The van der Waals surface area contributed by atoms with Crippen LogP contribution in [0.1, 0.15) is 31.4 Å². The lowest BCUT2D eigenvalue weighted by Crippen LogP contribution is -2.40. The Hall–Kier alpha value is -1.56. The smallest absolute Gasteiger partial charge is 0.236 e. The molecule has 21 heavy (non-hydrogen) atoms. The first-order valence-electron chi connectivity index (χ1n) is 7.10. The molecule has 1 atom stereocenters. The molecule has 0 amide bonds. The molecule has 2 heterocycles. The highest BCUT2D eigenvalue weighted by atomic mass is 32.2. The van der Waals surface area contributed by atoms with Gasteiger partial charge in [-0.25, -0.2) is 13.2 Å². The lowest BCUT2D eigenvalue weighted by molar-refractivity contribution is 0.330. The maximum atomic E-state index is 12.5. The molecular weight excluding hydrogens is 290 g/mol. The van der Waals surface area contributed by atoms with Crippen LogP contribution in [0.15, 0.2) is 29.4 Å². The Bertz CT molecular complexity index is 597. The van der Waals surface area contributed by atoms with Gasteiger partial charge in [-0.15, -0.1) is 0 Å². The average molecular weight is 309 g/mol. The summed E-state index contributed by atoms with van der Waals surface area (Å²) in [4.78, 5) is 18.3. The number of sulfonamides is 1. The predicted molar refractivity (Wildman–Crippen MR) is 78.8 cm³/mol. The van der Waals surface area contributed by atoms with Gasteiger partial charge in [-0.1, -0.05) is 12.5 Å². The molecular formula is C14H19N3O3S. The molecule has 0 aliphatic carbocycles. The first kappa shape index (κ1) is 15.8. The third kappa shape index (κ3) is 4.46. The lowest BCUT2D eigenvalue weighted by atomic mass is 10.2. The summed E-state index contributed by atoms with van der Waals surface area (Å²) in [6.07, 6.45) is 6.12. The van der Waals surface area contributed by atoms with E-state index >= 15 is 0 Å². The van der Waals surface area contributed by atoms with Crippen LogP contribution < -0.4 is 0 Å². The van der Waals surface area contributed by atoms with Crippen molar-refractivity contribution in [3.8, 4) is 0 Å². The zero-order chi connectivity index (χ0) is 15.1. The van der Waals surface area contributed by atoms with Crippen LogP contribution >= 0.6 is 0 Å². The number of aliphatic imine (C=N–C) groups is 1. The summed E-state index contributed by atoms with van der Waals surface area (Å²) in [5, 5.41) is 0. The fraction of sp³-hybridized carbons (Fsp3) is 0.571. The molecule has 1 saturated heterocycles. The molecule has 1 fully saturated rings. The van der Waals surface area contributed by atoms with Crippen molar-refractivity contribution >= 4 is 16.1 Å². The summed E-state index contributed by atoms with van der Waals surface area (Å²) in [7, 11) is -3.46. The Morgan fingerprint density at radius 2 is 2.19 bits per heavy atom. The van der Waals surface area contributed by atoms with Gasteiger partial charge < -0.3 is 0 Å². The fourth-order valence-electron chi connectivity index (χ4n) is 2.48. The van der Waals surface area contributed by atoms with Gasteiger partial charge in [0.15, 0.2) is 0 Å².